The van der Waals surface area contributed by atoms with Crippen molar-refractivity contribution in [2.24, 2.45) is 7.05 Å². The van der Waals surface area contributed by atoms with Crippen molar-refractivity contribution in [3.05, 3.63) is 5.82 Å². The van der Waals surface area contributed by atoms with Gasteiger partial charge in [-0.05, 0) is 5.21 Å². The molecule has 1 heterocycles. The molecule has 1 unspecified atom stereocenters. The topological polar surface area (TPSA) is 75.9 Å². The van der Waals surface area contributed by atoms with Crippen molar-refractivity contribution >= 4 is 0 Å². The van der Waals surface area contributed by atoms with Crippen LogP contribution in [0, 0.1) is 0 Å². The molecule has 9 heteroatoms. The van der Waals surface area contributed by atoms with E-state index in [1.54, 1.807) is 7.05 Å². The van der Waals surface area contributed by atoms with E-state index in [0.29, 0.717) is 0 Å². The third kappa shape index (κ3) is 3.80. The molecule has 1 atom stereocenters. The van der Waals surface area contributed by atoms with Gasteiger partial charge >= 0.3 is 6.18 Å². The van der Waals surface area contributed by atoms with E-state index in [-0.39, 0.29) is 12.4 Å². The number of nitrogens with one attached hydrogen (secondary N) is 1. The number of aromatic nitrogens is 4. The second-order valence-electron chi connectivity index (χ2n) is 2.88. The van der Waals surface area contributed by atoms with Gasteiger partial charge in [0.05, 0.1) is 13.6 Å². The molecule has 0 saturated carbocycles. The number of aliphatic hydroxyl groups is 1. The molecule has 1 rings (SSSR count). The smallest absolute Gasteiger partial charge is 0.382 e. The van der Waals surface area contributed by atoms with E-state index in [9.17, 15) is 13.2 Å². The van der Waals surface area contributed by atoms with E-state index in [1.165, 1.54) is 4.80 Å². The summed E-state index contributed by atoms with van der Waals surface area (Å²) < 4.78 is 35.5. The van der Waals surface area contributed by atoms with Crippen LogP contribution in [0.5, 0.6) is 0 Å². The van der Waals surface area contributed by atoms with Crippen LogP contribution in [0.25, 0.3) is 0 Å². The lowest BCUT2D eigenvalue weighted by molar-refractivity contribution is -0.201. The van der Waals surface area contributed by atoms with Crippen molar-refractivity contribution < 1.29 is 18.3 Å². The van der Waals surface area contributed by atoms with E-state index in [2.05, 4.69) is 20.7 Å². The highest BCUT2D eigenvalue weighted by Gasteiger charge is 2.37. The molecule has 0 saturated heterocycles. The van der Waals surface area contributed by atoms with Gasteiger partial charge in [0.25, 0.3) is 0 Å². The predicted octanol–water partition coefficient (Wildman–Crippen LogP) is -0.777. The van der Waals surface area contributed by atoms with Gasteiger partial charge < -0.3 is 10.4 Å². The van der Waals surface area contributed by atoms with Gasteiger partial charge in [-0.15, -0.1) is 10.2 Å². The minimum absolute atomic E-state index is 0.0287. The van der Waals surface area contributed by atoms with Crippen molar-refractivity contribution in [2.75, 3.05) is 6.54 Å². The second-order valence-corrected chi connectivity index (χ2v) is 2.88. The van der Waals surface area contributed by atoms with Crippen molar-refractivity contribution in [3.8, 4) is 0 Å². The number of halogens is 3. The molecule has 0 aliphatic carbocycles. The van der Waals surface area contributed by atoms with E-state index < -0.39 is 18.8 Å². The predicted molar refractivity (Wildman–Crippen MR) is 42.6 cm³/mol. The van der Waals surface area contributed by atoms with Crippen LogP contribution in [0.3, 0.4) is 0 Å². The maximum absolute atomic E-state index is 11.8. The summed E-state index contributed by atoms with van der Waals surface area (Å²) in [5.41, 5.74) is 0. The second kappa shape index (κ2) is 4.53. The van der Waals surface area contributed by atoms with Gasteiger partial charge in [-0.1, -0.05) is 0 Å². The van der Waals surface area contributed by atoms with Crippen LogP contribution in [0.2, 0.25) is 0 Å². The lowest BCUT2D eigenvalue weighted by Crippen LogP contribution is -2.38. The standard InChI is InChI=1S/C6H10F3N5O/c1-14-12-5(11-13-14)3-10-2-4(15)6(7,8)9/h4,10,15H,2-3H2,1H3. The molecule has 1 aromatic heterocycles. The van der Waals surface area contributed by atoms with Crippen LogP contribution in [0.15, 0.2) is 0 Å². The maximum atomic E-state index is 11.8. The summed E-state index contributed by atoms with van der Waals surface area (Å²) in [4.78, 5) is 1.19. The molecule has 0 amide bonds. The van der Waals surface area contributed by atoms with Gasteiger partial charge in [0.15, 0.2) is 11.9 Å². The zero-order chi connectivity index (χ0) is 11.5. The molecule has 0 radical (unpaired) electrons. The molecule has 0 aliphatic rings. The Labute approximate surface area is 83.1 Å². The number of hydrogen-bond acceptors (Lipinski definition) is 5. The minimum Gasteiger partial charge on any atom is -0.382 e. The fourth-order valence-corrected chi connectivity index (χ4v) is 0.831. The SMILES string of the molecule is Cn1nnc(CNCC(O)C(F)(F)F)n1. The summed E-state index contributed by atoms with van der Waals surface area (Å²) >= 11 is 0. The van der Waals surface area contributed by atoms with Crippen LogP contribution in [0.1, 0.15) is 5.82 Å². The summed E-state index contributed by atoms with van der Waals surface area (Å²) in [5.74, 6) is 0.270. The quantitative estimate of drug-likeness (QED) is 0.703. The Balaban J connectivity index is 2.28. The van der Waals surface area contributed by atoms with Crippen molar-refractivity contribution in [1.29, 1.82) is 0 Å². The molecule has 86 valence electrons. The maximum Gasteiger partial charge on any atom is 0.415 e. The monoisotopic (exact) mass is 225 g/mol. The summed E-state index contributed by atoms with van der Waals surface area (Å²) in [6.07, 6.45) is -6.99. The number of aliphatic hydroxyl groups excluding tert-OH is 1. The molecular weight excluding hydrogens is 215 g/mol. The van der Waals surface area contributed by atoms with E-state index in [0.717, 1.165) is 0 Å². The number of nitrogens with zero attached hydrogens (tertiary/aromatic N) is 4. The fourth-order valence-electron chi connectivity index (χ4n) is 0.831. The lowest BCUT2D eigenvalue weighted by atomic mass is 10.3. The molecule has 2 N–H and O–H groups in total. The molecule has 0 aromatic carbocycles. The first-order valence-corrected chi connectivity index (χ1v) is 4.08. The zero-order valence-electron chi connectivity index (χ0n) is 7.86. The van der Waals surface area contributed by atoms with E-state index in [1.807, 2.05) is 0 Å². The Hall–Kier alpha value is -1.22. The van der Waals surface area contributed by atoms with Crippen LogP contribution in [-0.4, -0.2) is 44.1 Å². The van der Waals surface area contributed by atoms with Gasteiger partial charge in [0.2, 0.25) is 0 Å². The summed E-state index contributed by atoms with van der Waals surface area (Å²) in [7, 11) is 1.54. The number of tetrazole rings is 1. The number of rotatable bonds is 4. The average molecular weight is 225 g/mol. The molecule has 0 aliphatic heterocycles. The van der Waals surface area contributed by atoms with Crippen LogP contribution in [-0.2, 0) is 13.6 Å². The van der Waals surface area contributed by atoms with Crippen molar-refractivity contribution in [2.45, 2.75) is 18.8 Å². The largest absolute Gasteiger partial charge is 0.415 e. The van der Waals surface area contributed by atoms with Crippen LogP contribution < -0.4 is 5.32 Å². The average Bonchev–Trinajstić information content (AvgIpc) is 2.49. The Bertz CT molecular complexity index is 312. The highest BCUT2D eigenvalue weighted by atomic mass is 19.4. The number of alkyl halides is 3. The van der Waals surface area contributed by atoms with Gasteiger partial charge in [0, 0.05) is 6.54 Å². The zero-order valence-corrected chi connectivity index (χ0v) is 7.86. The molecular formula is C6H10F3N5O. The Morgan fingerprint density at radius 1 is 1.53 bits per heavy atom. The minimum atomic E-state index is -4.61. The van der Waals surface area contributed by atoms with E-state index in [4.69, 9.17) is 5.11 Å². The summed E-state index contributed by atoms with van der Waals surface area (Å²) in [6.45, 7) is -0.567. The molecule has 0 fully saturated rings. The Morgan fingerprint density at radius 3 is 2.67 bits per heavy atom. The molecule has 1 aromatic rings. The first-order valence-electron chi connectivity index (χ1n) is 4.08. The van der Waals surface area contributed by atoms with Gasteiger partial charge in [-0.3, -0.25) is 0 Å². The van der Waals surface area contributed by atoms with Gasteiger partial charge in [-0.2, -0.15) is 18.0 Å². The lowest BCUT2D eigenvalue weighted by Gasteiger charge is -2.14. The summed E-state index contributed by atoms with van der Waals surface area (Å²) in [6, 6.07) is 0. The number of aryl methyl sites for hydroxylation is 1. The summed E-state index contributed by atoms with van der Waals surface area (Å²) in [5, 5.41) is 21.8. The normalized spacial score (nSPS) is 14.2. The third-order valence-corrected chi connectivity index (χ3v) is 1.55. The van der Waals surface area contributed by atoms with Gasteiger partial charge in [-0.25, -0.2) is 0 Å². The van der Waals surface area contributed by atoms with Crippen molar-refractivity contribution in [3.63, 3.8) is 0 Å². The molecule has 6 nitrogen and oxygen atoms in total. The third-order valence-electron chi connectivity index (χ3n) is 1.55. The van der Waals surface area contributed by atoms with E-state index >= 15 is 0 Å². The molecule has 0 bridgehead atoms. The first-order chi connectivity index (χ1) is 6.89. The van der Waals surface area contributed by atoms with Crippen LogP contribution in [0.4, 0.5) is 13.2 Å². The van der Waals surface area contributed by atoms with Crippen molar-refractivity contribution in [1.82, 2.24) is 25.5 Å². The van der Waals surface area contributed by atoms with Gasteiger partial charge in [0.1, 0.15) is 0 Å². The van der Waals surface area contributed by atoms with Crippen LogP contribution >= 0.6 is 0 Å². The number of hydrogen-bond donors (Lipinski definition) is 2. The molecule has 15 heavy (non-hydrogen) atoms. The molecule has 0 spiro atoms. The Kier molecular flexibility index (Phi) is 3.58. The first kappa shape index (κ1) is 11.9. The fraction of sp³-hybridized carbons (Fsp3) is 0.833. The highest BCUT2D eigenvalue weighted by Crippen LogP contribution is 2.19. The highest BCUT2D eigenvalue weighted by molar-refractivity contribution is 4.77. The Morgan fingerprint density at radius 2 is 2.20 bits per heavy atom.